The van der Waals surface area contributed by atoms with Gasteiger partial charge < -0.3 is 9.84 Å². The van der Waals surface area contributed by atoms with E-state index >= 15 is 0 Å². The molecule has 1 amide bonds. The van der Waals surface area contributed by atoms with E-state index in [1.54, 1.807) is 37.3 Å². The number of anilines is 2. The topological polar surface area (TPSA) is 101 Å². The van der Waals surface area contributed by atoms with E-state index in [0.29, 0.717) is 27.7 Å². The van der Waals surface area contributed by atoms with Gasteiger partial charge in [-0.25, -0.2) is 8.42 Å². The van der Waals surface area contributed by atoms with Crippen molar-refractivity contribution >= 4 is 50.8 Å². The number of carbonyl (C=O) groups is 1. The van der Waals surface area contributed by atoms with Crippen molar-refractivity contribution in [2.45, 2.75) is 31.9 Å². The molecule has 2 aromatic heterocycles. The van der Waals surface area contributed by atoms with E-state index in [2.05, 4.69) is 15.2 Å². The van der Waals surface area contributed by atoms with Crippen molar-refractivity contribution in [2.24, 2.45) is 0 Å². The fraction of sp³-hybridized carbons (Fsp3) is 0.200. The standard InChI is InChI=1S/C20H21N3O4S2/c1-12-6-5-7-17(13(12)2)23-29(25,26)19-11-9-16(28-19)8-10-18-20(21-15(4)24)14(3)22-27-18/h5-11,23H,1-4H3,(H,21,24)/b10-8+. The first-order chi connectivity index (χ1) is 13.7. The molecule has 2 heterocycles. The van der Waals surface area contributed by atoms with Crippen molar-refractivity contribution in [3.05, 3.63) is 57.8 Å². The van der Waals surface area contributed by atoms with Crippen LogP contribution in [0.25, 0.3) is 12.2 Å². The highest BCUT2D eigenvalue weighted by Crippen LogP contribution is 2.28. The predicted molar refractivity (Wildman–Crippen MR) is 116 cm³/mol. The van der Waals surface area contributed by atoms with Crippen LogP contribution in [0.3, 0.4) is 0 Å². The molecule has 0 atom stereocenters. The van der Waals surface area contributed by atoms with Crippen LogP contribution in [0.4, 0.5) is 11.4 Å². The van der Waals surface area contributed by atoms with Crippen LogP contribution in [-0.2, 0) is 14.8 Å². The Kier molecular flexibility index (Phi) is 5.90. The van der Waals surface area contributed by atoms with Gasteiger partial charge in [0.25, 0.3) is 10.0 Å². The second-order valence-corrected chi connectivity index (χ2v) is 9.56. The van der Waals surface area contributed by atoms with Gasteiger partial charge in [0.2, 0.25) is 5.91 Å². The van der Waals surface area contributed by atoms with Gasteiger partial charge in [0.15, 0.2) is 5.76 Å². The second-order valence-electron chi connectivity index (χ2n) is 6.53. The van der Waals surface area contributed by atoms with Crippen LogP contribution in [0.15, 0.2) is 39.1 Å². The Labute approximate surface area is 173 Å². The van der Waals surface area contributed by atoms with Gasteiger partial charge in [0, 0.05) is 11.8 Å². The number of hydrogen-bond donors (Lipinski definition) is 2. The second kappa shape index (κ2) is 8.22. The molecule has 0 saturated heterocycles. The predicted octanol–water partition coefficient (Wildman–Crippen LogP) is 4.59. The van der Waals surface area contributed by atoms with Gasteiger partial charge in [-0.2, -0.15) is 0 Å². The zero-order valence-corrected chi connectivity index (χ0v) is 18.1. The summed E-state index contributed by atoms with van der Waals surface area (Å²) in [6.45, 7) is 6.93. The Hall–Kier alpha value is -2.91. The summed E-state index contributed by atoms with van der Waals surface area (Å²) in [7, 11) is -3.69. The molecule has 0 radical (unpaired) electrons. The third kappa shape index (κ3) is 4.75. The van der Waals surface area contributed by atoms with Crippen molar-refractivity contribution in [1.29, 1.82) is 0 Å². The Morgan fingerprint density at radius 1 is 1.14 bits per heavy atom. The first-order valence-electron chi connectivity index (χ1n) is 8.78. The number of rotatable bonds is 6. The maximum absolute atomic E-state index is 12.7. The number of nitrogens with zero attached hydrogens (tertiary/aromatic N) is 1. The van der Waals surface area contributed by atoms with E-state index in [0.717, 1.165) is 22.5 Å². The largest absolute Gasteiger partial charge is 0.354 e. The summed E-state index contributed by atoms with van der Waals surface area (Å²) >= 11 is 1.13. The molecule has 0 saturated carbocycles. The molecule has 0 fully saturated rings. The Balaban J connectivity index is 1.81. The van der Waals surface area contributed by atoms with E-state index in [4.69, 9.17) is 4.52 Å². The highest BCUT2D eigenvalue weighted by Gasteiger charge is 2.18. The zero-order valence-electron chi connectivity index (χ0n) is 16.4. The Morgan fingerprint density at radius 3 is 2.62 bits per heavy atom. The highest BCUT2D eigenvalue weighted by atomic mass is 32.2. The molecule has 0 aliphatic heterocycles. The van der Waals surface area contributed by atoms with Gasteiger partial charge in [-0.3, -0.25) is 9.52 Å². The summed E-state index contributed by atoms with van der Waals surface area (Å²) in [5.74, 6) is 0.164. The van der Waals surface area contributed by atoms with Crippen molar-refractivity contribution in [1.82, 2.24) is 5.16 Å². The van der Waals surface area contributed by atoms with Gasteiger partial charge in [-0.1, -0.05) is 17.3 Å². The van der Waals surface area contributed by atoms with E-state index in [9.17, 15) is 13.2 Å². The van der Waals surface area contributed by atoms with Crippen molar-refractivity contribution in [2.75, 3.05) is 10.0 Å². The minimum atomic E-state index is -3.69. The monoisotopic (exact) mass is 431 g/mol. The number of carbonyl (C=O) groups excluding carboxylic acids is 1. The number of sulfonamides is 1. The van der Waals surface area contributed by atoms with Gasteiger partial charge in [0.1, 0.15) is 15.6 Å². The molecule has 0 aliphatic rings. The van der Waals surface area contributed by atoms with Crippen molar-refractivity contribution in [3.63, 3.8) is 0 Å². The molecule has 3 rings (SSSR count). The number of aromatic nitrogens is 1. The van der Waals surface area contributed by atoms with Gasteiger partial charge >= 0.3 is 0 Å². The van der Waals surface area contributed by atoms with Crippen LogP contribution in [0, 0.1) is 20.8 Å². The summed E-state index contributed by atoms with van der Waals surface area (Å²) in [5, 5.41) is 6.52. The van der Waals surface area contributed by atoms with Crippen LogP contribution in [-0.4, -0.2) is 19.5 Å². The molecule has 1 aromatic carbocycles. The van der Waals surface area contributed by atoms with E-state index in [-0.39, 0.29) is 10.1 Å². The molecule has 9 heteroatoms. The van der Waals surface area contributed by atoms with Crippen LogP contribution in [0.2, 0.25) is 0 Å². The lowest BCUT2D eigenvalue weighted by Gasteiger charge is -2.10. The number of thiophene rings is 1. The van der Waals surface area contributed by atoms with Gasteiger partial charge in [-0.05, 0) is 62.2 Å². The summed E-state index contributed by atoms with van der Waals surface area (Å²) in [6, 6.07) is 8.75. The maximum atomic E-state index is 12.7. The first-order valence-corrected chi connectivity index (χ1v) is 11.1. The third-order valence-electron chi connectivity index (χ3n) is 4.31. The van der Waals surface area contributed by atoms with Gasteiger partial charge in [-0.15, -0.1) is 11.3 Å². The maximum Gasteiger partial charge on any atom is 0.271 e. The number of aryl methyl sites for hydroxylation is 2. The van der Waals surface area contributed by atoms with Crippen LogP contribution < -0.4 is 10.0 Å². The number of nitrogens with one attached hydrogen (secondary N) is 2. The Bertz CT molecular complexity index is 1190. The average molecular weight is 432 g/mol. The summed E-state index contributed by atoms with van der Waals surface area (Å²) < 4.78 is 33.5. The fourth-order valence-corrected chi connectivity index (χ4v) is 4.96. The molecule has 7 nitrogen and oxygen atoms in total. The molecule has 152 valence electrons. The van der Waals surface area contributed by atoms with E-state index in [1.807, 2.05) is 26.0 Å². The average Bonchev–Trinajstić information content (AvgIpc) is 3.25. The smallest absolute Gasteiger partial charge is 0.271 e. The van der Waals surface area contributed by atoms with Crippen molar-refractivity contribution < 1.29 is 17.7 Å². The molecule has 29 heavy (non-hydrogen) atoms. The molecular weight excluding hydrogens is 410 g/mol. The lowest BCUT2D eigenvalue weighted by atomic mass is 10.1. The lowest BCUT2D eigenvalue weighted by Crippen LogP contribution is -2.12. The highest BCUT2D eigenvalue weighted by molar-refractivity contribution is 7.94. The van der Waals surface area contributed by atoms with Crippen LogP contribution >= 0.6 is 11.3 Å². The quantitative estimate of drug-likeness (QED) is 0.594. The number of hydrogen-bond acceptors (Lipinski definition) is 6. The Morgan fingerprint density at radius 2 is 1.90 bits per heavy atom. The molecule has 0 spiro atoms. The van der Waals surface area contributed by atoms with Crippen LogP contribution in [0.5, 0.6) is 0 Å². The van der Waals surface area contributed by atoms with Crippen LogP contribution in [0.1, 0.15) is 34.4 Å². The molecule has 0 aliphatic carbocycles. The normalized spacial score (nSPS) is 11.7. The molecule has 0 unspecified atom stereocenters. The zero-order chi connectivity index (χ0) is 21.2. The van der Waals surface area contributed by atoms with Gasteiger partial charge in [0.05, 0.1) is 5.69 Å². The van der Waals surface area contributed by atoms with Crippen molar-refractivity contribution in [3.8, 4) is 0 Å². The summed E-state index contributed by atoms with van der Waals surface area (Å²) in [5.41, 5.74) is 3.52. The number of benzene rings is 1. The summed E-state index contributed by atoms with van der Waals surface area (Å²) in [4.78, 5) is 12.0. The first kappa shape index (κ1) is 20.8. The molecule has 3 aromatic rings. The SMILES string of the molecule is CC(=O)Nc1c(C)noc1/C=C/c1ccc(S(=O)(=O)Nc2cccc(C)c2C)s1. The lowest BCUT2D eigenvalue weighted by molar-refractivity contribution is -0.114. The fourth-order valence-electron chi connectivity index (χ4n) is 2.61. The van der Waals surface area contributed by atoms with E-state index < -0.39 is 10.0 Å². The molecular formula is C20H21N3O4S2. The van der Waals surface area contributed by atoms with E-state index in [1.165, 1.54) is 6.92 Å². The minimum absolute atomic E-state index is 0.203. The summed E-state index contributed by atoms with van der Waals surface area (Å²) in [6.07, 6.45) is 3.36. The number of amides is 1. The molecule has 0 bridgehead atoms. The molecule has 2 N–H and O–H groups in total. The third-order valence-corrected chi connectivity index (χ3v) is 7.21. The minimum Gasteiger partial charge on any atom is -0.354 e.